The molecule has 0 aliphatic heterocycles. The number of phenols is 1. The number of carbonyl (C=O) groups is 1. The lowest BCUT2D eigenvalue weighted by atomic mass is 10.1. The van der Waals surface area contributed by atoms with Gasteiger partial charge in [0.05, 0.1) is 6.26 Å². The molecule has 0 atom stereocenters. The van der Waals surface area contributed by atoms with Gasteiger partial charge >= 0.3 is 0 Å². The molecule has 0 bridgehead atoms. The molecule has 1 aromatic heterocycles. The summed E-state index contributed by atoms with van der Waals surface area (Å²) in [4.78, 5) is 10.5. The molecule has 3 nitrogen and oxygen atoms in total. The third-order valence-corrected chi connectivity index (χ3v) is 1.76. The Morgan fingerprint density at radius 2 is 2.17 bits per heavy atom. The number of fused-ring (bicyclic) bond motifs is 1. The van der Waals surface area contributed by atoms with E-state index >= 15 is 0 Å². The van der Waals surface area contributed by atoms with Crippen molar-refractivity contribution in [1.29, 1.82) is 0 Å². The molecule has 0 radical (unpaired) electrons. The van der Waals surface area contributed by atoms with Gasteiger partial charge in [0.2, 0.25) is 0 Å². The first-order chi connectivity index (χ1) is 5.83. The molecule has 60 valence electrons. The molecule has 0 aliphatic rings. The molecule has 2 aromatic rings. The summed E-state index contributed by atoms with van der Waals surface area (Å²) in [6, 6.07) is 4.65. The van der Waals surface area contributed by atoms with Crippen molar-refractivity contribution in [3.8, 4) is 5.75 Å². The van der Waals surface area contributed by atoms with Crippen LogP contribution in [-0.2, 0) is 0 Å². The number of aldehydes is 1. The molecular formula is C9H6O3. The van der Waals surface area contributed by atoms with Crippen LogP contribution >= 0.6 is 0 Å². The molecule has 12 heavy (non-hydrogen) atoms. The SMILES string of the molecule is O=Cc1ccc(O)c2occc12. The van der Waals surface area contributed by atoms with E-state index in [1.165, 1.54) is 12.3 Å². The van der Waals surface area contributed by atoms with Crippen LogP contribution in [0.3, 0.4) is 0 Å². The molecule has 0 saturated heterocycles. The molecule has 3 heteroatoms. The van der Waals surface area contributed by atoms with Crippen molar-refractivity contribution in [2.45, 2.75) is 0 Å². The number of aromatic hydroxyl groups is 1. The van der Waals surface area contributed by atoms with Crippen molar-refractivity contribution in [1.82, 2.24) is 0 Å². The molecule has 1 N–H and O–H groups in total. The average molecular weight is 162 g/mol. The largest absolute Gasteiger partial charge is 0.504 e. The fourth-order valence-corrected chi connectivity index (χ4v) is 1.17. The molecule has 0 spiro atoms. The second-order valence-corrected chi connectivity index (χ2v) is 2.46. The minimum absolute atomic E-state index is 0.0561. The number of hydrogen-bond acceptors (Lipinski definition) is 3. The third-order valence-electron chi connectivity index (χ3n) is 1.76. The number of phenolic OH excluding ortho intramolecular Hbond substituents is 1. The van der Waals surface area contributed by atoms with Crippen LogP contribution < -0.4 is 0 Å². The zero-order valence-corrected chi connectivity index (χ0v) is 6.15. The van der Waals surface area contributed by atoms with Crippen LogP contribution in [0.5, 0.6) is 5.75 Å². The highest BCUT2D eigenvalue weighted by molar-refractivity contribution is 5.98. The van der Waals surface area contributed by atoms with Crippen LogP contribution in [0.4, 0.5) is 0 Å². The summed E-state index contributed by atoms with van der Waals surface area (Å²) in [6.45, 7) is 0. The first kappa shape index (κ1) is 6.91. The highest BCUT2D eigenvalue weighted by Crippen LogP contribution is 2.27. The van der Waals surface area contributed by atoms with Crippen LogP contribution in [0.15, 0.2) is 28.9 Å². The lowest BCUT2D eigenvalue weighted by Crippen LogP contribution is -1.79. The van der Waals surface area contributed by atoms with E-state index in [-0.39, 0.29) is 5.75 Å². The summed E-state index contributed by atoms with van der Waals surface area (Å²) in [5.74, 6) is 0.0561. The Morgan fingerprint density at radius 1 is 1.33 bits per heavy atom. The van der Waals surface area contributed by atoms with Gasteiger partial charge in [-0.15, -0.1) is 0 Å². The molecule has 0 fully saturated rings. The minimum Gasteiger partial charge on any atom is -0.504 e. The standard InChI is InChI=1S/C9H6O3/c10-5-6-1-2-8(11)9-7(6)3-4-12-9/h1-5,11H. The lowest BCUT2D eigenvalue weighted by molar-refractivity contribution is 0.112. The van der Waals surface area contributed by atoms with Gasteiger partial charge in [0.1, 0.15) is 0 Å². The fourth-order valence-electron chi connectivity index (χ4n) is 1.17. The number of rotatable bonds is 1. The highest BCUT2D eigenvalue weighted by Gasteiger charge is 2.06. The fraction of sp³-hybridized carbons (Fsp3) is 0. The molecule has 0 aliphatic carbocycles. The van der Waals surface area contributed by atoms with E-state index in [1.54, 1.807) is 12.1 Å². The second-order valence-electron chi connectivity index (χ2n) is 2.46. The topological polar surface area (TPSA) is 50.4 Å². The average Bonchev–Trinajstić information content (AvgIpc) is 2.54. The van der Waals surface area contributed by atoms with E-state index in [4.69, 9.17) is 4.42 Å². The maximum absolute atomic E-state index is 10.5. The van der Waals surface area contributed by atoms with Gasteiger partial charge in [-0.25, -0.2) is 0 Å². The van der Waals surface area contributed by atoms with Crippen molar-refractivity contribution < 1.29 is 14.3 Å². The highest BCUT2D eigenvalue weighted by atomic mass is 16.3. The smallest absolute Gasteiger partial charge is 0.176 e. The van der Waals surface area contributed by atoms with Gasteiger partial charge in [-0.05, 0) is 18.2 Å². The molecule has 0 amide bonds. The Kier molecular flexibility index (Phi) is 1.37. The zero-order chi connectivity index (χ0) is 8.55. The first-order valence-corrected chi connectivity index (χ1v) is 3.47. The summed E-state index contributed by atoms with van der Waals surface area (Å²) in [5.41, 5.74) is 0.885. The molecule has 0 unspecified atom stereocenters. The van der Waals surface area contributed by atoms with Gasteiger partial charge < -0.3 is 9.52 Å². The van der Waals surface area contributed by atoms with Crippen molar-refractivity contribution in [3.05, 3.63) is 30.0 Å². The number of carbonyl (C=O) groups excluding carboxylic acids is 1. The predicted molar refractivity (Wildman–Crippen MR) is 43.3 cm³/mol. The summed E-state index contributed by atoms with van der Waals surface area (Å²) >= 11 is 0. The van der Waals surface area contributed by atoms with Gasteiger partial charge in [0, 0.05) is 10.9 Å². The Hall–Kier alpha value is -1.77. The Balaban J connectivity index is 2.91. The minimum atomic E-state index is 0.0561. The third kappa shape index (κ3) is 0.797. The Bertz CT molecular complexity index is 428. The maximum Gasteiger partial charge on any atom is 0.176 e. The summed E-state index contributed by atoms with van der Waals surface area (Å²) in [7, 11) is 0. The van der Waals surface area contributed by atoms with Crippen LogP contribution in [0, 0.1) is 0 Å². The van der Waals surface area contributed by atoms with Crippen LogP contribution in [0.25, 0.3) is 11.0 Å². The molecule has 0 saturated carbocycles. The Labute approximate surface area is 68.2 Å². The molecular weight excluding hydrogens is 156 g/mol. The number of benzene rings is 1. The van der Waals surface area contributed by atoms with Gasteiger partial charge in [-0.3, -0.25) is 4.79 Å². The predicted octanol–water partition coefficient (Wildman–Crippen LogP) is 1.95. The normalized spacial score (nSPS) is 10.3. The molecule has 2 rings (SSSR count). The van der Waals surface area contributed by atoms with Gasteiger partial charge in [0.25, 0.3) is 0 Å². The quantitative estimate of drug-likeness (QED) is 0.652. The summed E-state index contributed by atoms with van der Waals surface area (Å²) < 4.78 is 4.98. The summed E-state index contributed by atoms with van der Waals surface area (Å²) in [5, 5.41) is 9.91. The zero-order valence-electron chi connectivity index (χ0n) is 6.15. The van der Waals surface area contributed by atoms with Gasteiger partial charge in [0.15, 0.2) is 17.6 Å². The van der Waals surface area contributed by atoms with E-state index in [1.807, 2.05) is 0 Å². The van der Waals surface area contributed by atoms with Crippen molar-refractivity contribution >= 4 is 17.3 Å². The van der Waals surface area contributed by atoms with Gasteiger partial charge in [-0.1, -0.05) is 0 Å². The molecule has 1 aromatic carbocycles. The van der Waals surface area contributed by atoms with Crippen LogP contribution in [0.1, 0.15) is 10.4 Å². The van der Waals surface area contributed by atoms with E-state index < -0.39 is 0 Å². The van der Waals surface area contributed by atoms with Crippen molar-refractivity contribution in [3.63, 3.8) is 0 Å². The summed E-state index contributed by atoms with van der Waals surface area (Å²) in [6.07, 6.45) is 2.18. The van der Waals surface area contributed by atoms with Crippen molar-refractivity contribution in [2.24, 2.45) is 0 Å². The number of hydrogen-bond donors (Lipinski definition) is 1. The van der Waals surface area contributed by atoms with Gasteiger partial charge in [-0.2, -0.15) is 0 Å². The van der Waals surface area contributed by atoms with Crippen LogP contribution in [0.2, 0.25) is 0 Å². The van der Waals surface area contributed by atoms with E-state index in [2.05, 4.69) is 0 Å². The van der Waals surface area contributed by atoms with Crippen LogP contribution in [-0.4, -0.2) is 11.4 Å². The first-order valence-electron chi connectivity index (χ1n) is 3.47. The molecule has 1 heterocycles. The number of furan rings is 1. The maximum atomic E-state index is 10.5. The second kappa shape index (κ2) is 2.37. The van der Waals surface area contributed by atoms with E-state index in [0.29, 0.717) is 16.5 Å². The Morgan fingerprint density at radius 3 is 2.92 bits per heavy atom. The lowest BCUT2D eigenvalue weighted by Gasteiger charge is -1.94. The van der Waals surface area contributed by atoms with E-state index in [9.17, 15) is 9.90 Å². The van der Waals surface area contributed by atoms with Crippen molar-refractivity contribution in [2.75, 3.05) is 0 Å². The van der Waals surface area contributed by atoms with E-state index in [0.717, 1.165) is 6.29 Å². The monoisotopic (exact) mass is 162 g/mol.